The number of aromatic nitrogens is 1. The van der Waals surface area contributed by atoms with Crippen LogP contribution in [0.25, 0.3) is 0 Å². The number of hydrogen-bond acceptors (Lipinski definition) is 5. The number of hydrogen-bond donors (Lipinski definition) is 0. The van der Waals surface area contributed by atoms with Gasteiger partial charge in [0.2, 0.25) is 5.91 Å². The van der Waals surface area contributed by atoms with Crippen molar-refractivity contribution in [3.8, 4) is 5.75 Å². The van der Waals surface area contributed by atoms with Crippen molar-refractivity contribution < 1.29 is 9.53 Å². The van der Waals surface area contributed by atoms with Crippen LogP contribution in [0.1, 0.15) is 17.0 Å². The molecule has 1 fully saturated rings. The van der Waals surface area contributed by atoms with Gasteiger partial charge >= 0.3 is 0 Å². The SMILES string of the molecule is Cc1ncsc1CCC(=O)N1CCN(CCOc2ccccc2)CC1. The maximum atomic E-state index is 12.4. The van der Waals surface area contributed by atoms with Crippen molar-refractivity contribution in [2.24, 2.45) is 0 Å². The van der Waals surface area contributed by atoms with Gasteiger partial charge in [0.1, 0.15) is 12.4 Å². The van der Waals surface area contributed by atoms with E-state index >= 15 is 0 Å². The van der Waals surface area contributed by atoms with Crippen molar-refractivity contribution in [2.45, 2.75) is 19.8 Å². The first-order valence-corrected chi connectivity index (χ1v) is 9.67. The quantitative estimate of drug-likeness (QED) is 0.762. The van der Waals surface area contributed by atoms with Crippen LogP contribution in [0.2, 0.25) is 0 Å². The number of carbonyl (C=O) groups is 1. The van der Waals surface area contributed by atoms with Crippen LogP contribution in [0.3, 0.4) is 0 Å². The Morgan fingerprint density at radius 2 is 1.96 bits per heavy atom. The molecule has 1 aliphatic rings. The summed E-state index contributed by atoms with van der Waals surface area (Å²) in [5, 5.41) is 0. The number of amides is 1. The van der Waals surface area contributed by atoms with Crippen molar-refractivity contribution in [1.82, 2.24) is 14.8 Å². The summed E-state index contributed by atoms with van der Waals surface area (Å²) in [5.74, 6) is 1.17. The standard InChI is InChI=1S/C19H25N3O2S/c1-16-18(25-15-20-16)7-8-19(23)22-11-9-21(10-12-22)13-14-24-17-5-3-2-4-6-17/h2-6,15H,7-14H2,1H3. The molecule has 1 aromatic carbocycles. The number of nitrogens with zero attached hydrogens (tertiary/aromatic N) is 3. The summed E-state index contributed by atoms with van der Waals surface area (Å²) in [6, 6.07) is 9.89. The van der Waals surface area contributed by atoms with Gasteiger partial charge in [0.25, 0.3) is 0 Å². The van der Waals surface area contributed by atoms with E-state index in [4.69, 9.17) is 4.74 Å². The highest BCUT2D eigenvalue weighted by Crippen LogP contribution is 2.15. The van der Waals surface area contributed by atoms with Crippen LogP contribution in [-0.2, 0) is 11.2 Å². The zero-order chi connectivity index (χ0) is 17.5. The monoisotopic (exact) mass is 359 g/mol. The molecule has 1 amide bonds. The molecule has 134 valence electrons. The lowest BCUT2D eigenvalue weighted by atomic mass is 10.2. The number of piperazine rings is 1. The van der Waals surface area contributed by atoms with Crippen molar-refractivity contribution in [3.05, 3.63) is 46.4 Å². The molecule has 2 aromatic rings. The molecular weight excluding hydrogens is 334 g/mol. The fraction of sp³-hybridized carbons (Fsp3) is 0.474. The largest absolute Gasteiger partial charge is 0.492 e. The third-order valence-electron chi connectivity index (χ3n) is 4.56. The molecule has 1 aromatic heterocycles. The molecule has 2 heterocycles. The van der Waals surface area contributed by atoms with E-state index in [9.17, 15) is 4.79 Å². The summed E-state index contributed by atoms with van der Waals surface area (Å²) < 4.78 is 5.75. The van der Waals surface area contributed by atoms with Gasteiger partial charge in [0.05, 0.1) is 11.2 Å². The fourth-order valence-electron chi connectivity index (χ4n) is 2.97. The second-order valence-electron chi connectivity index (χ2n) is 6.24. The van der Waals surface area contributed by atoms with E-state index < -0.39 is 0 Å². The van der Waals surface area contributed by atoms with Gasteiger partial charge in [-0.2, -0.15) is 0 Å². The van der Waals surface area contributed by atoms with Crippen molar-refractivity contribution >= 4 is 17.2 Å². The van der Waals surface area contributed by atoms with Crippen LogP contribution in [0.4, 0.5) is 0 Å². The molecule has 1 aliphatic heterocycles. The summed E-state index contributed by atoms with van der Waals surface area (Å²) in [6.07, 6.45) is 1.39. The third-order valence-corrected chi connectivity index (χ3v) is 5.55. The van der Waals surface area contributed by atoms with Gasteiger partial charge in [0, 0.05) is 44.0 Å². The Morgan fingerprint density at radius 1 is 1.20 bits per heavy atom. The number of aryl methyl sites for hydroxylation is 2. The minimum absolute atomic E-state index is 0.257. The lowest BCUT2D eigenvalue weighted by Gasteiger charge is -2.34. The second kappa shape index (κ2) is 8.97. The minimum atomic E-state index is 0.257. The molecule has 3 rings (SSSR count). The first-order valence-electron chi connectivity index (χ1n) is 8.79. The Bertz CT molecular complexity index is 666. The lowest BCUT2D eigenvalue weighted by molar-refractivity contribution is -0.132. The average molecular weight is 359 g/mol. The number of para-hydroxylation sites is 1. The predicted molar refractivity (Wildman–Crippen MR) is 100 cm³/mol. The highest BCUT2D eigenvalue weighted by atomic mass is 32.1. The fourth-order valence-corrected chi connectivity index (χ4v) is 3.76. The number of thiazole rings is 1. The lowest BCUT2D eigenvalue weighted by Crippen LogP contribution is -2.49. The molecule has 0 atom stereocenters. The van der Waals surface area contributed by atoms with Crippen molar-refractivity contribution in [2.75, 3.05) is 39.3 Å². The van der Waals surface area contributed by atoms with Gasteiger partial charge < -0.3 is 9.64 Å². The van der Waals surface area contributed by atoms with Crippen LogP contribution in [0.5, 0.6) is 5.75 Å². The molecule has 0 unspecified atom stereocenters. The van der Waals surface area contributed by atoms with E-state index in [1.807, 2.05) is 47.7 Å². The summed E-state index contributed by atoms with van der Waals surface area (Å²) >= 11 is 1.64. The normalized spacial score (nSPS) is 15.3. The van der Waals surface area contributed by atoms with Crippen LogP contribution in [-0.4, -0.2) is 60.0 Å². The topological polar surface area (TPSA) is 45.7 Å². The van der Waals surface area contributed by atoms with Gasteiger partial charge in [-0.1, -0.05) is 18.2 Å². The minimum Gasteiger partial charge on any atom is -0.492 e. The van der Waals surface area contributed by atoms with Gasteiger partial charge in [-0.05, 0) is 25.5 Å². The number of carbonyl (C=O) groups excluding carboxylic acids is 1. The molecular formula is C19H25N3O2S. The average Bonchev–Trinajstić information content (AvgIpc) is 3.06. The van der Waals surface area contributed by atoms with Crippen molar-refractivity contribution in [1.29, 1.82) is 0 Å². The van der Waals surface area contributed by atoms with Crippen molar-refractivity contribution in [3.63, 3.8) is 0 Å². The summed E-state index contributed by atoms with van der Waals surface area (Å²) in [7, 11) is 0. The first-order chi connectivity index (χ1) is 12.2. The number of benzene rings is 1. The zero-order valence-electron chi connectivity index (χ0n) is 14.7. The molecule has 0 N–H and O–H groups in total. The Hall–Kier alpha value is -1.92. The maximum Gasteiger partial charge on any atom is 0.223 e. The Morgan fingerprint density at radius 3 is 2.64 bits per heavy atom. The number of ether oxygens (including phenoxy) is 1. The van der Waals surface area contributed by atoms with E-state index in [1.165, 1.54) is 4.88 Å². The van der Waals surface area contributed by atoms with Crippen LogP contribution < -0.4 is 4.74 Å². The smallest absolute Gasteiger partial charge is 0.223 e. The molecule has 0 spiro atoms. The Kier molecular flexibility index (Phi) is 6.42. The molecule has 0 radical (unpaired) electrons. The first kappa shape index (κ1) is 17.9. The van der Waals surface area contributed by atoms with E-state index in [0.717, 1.165) is 50.6 Å². The van der Waals surface area contributed by atoms with E-state index in [-0.39, 0.29) is 5.91 Å². The third kappa shape index (κ3) is 5.28. The zero-order valence-corrected chi connectivity index (χ0v) is 15.5. The van der Waals surface area contributed by atoms with E-state index in [1.54, 1.807) is 11.3 Å². The molecule has 0 saturated carbocycles. The molecule has 0 bridgehead atoms. The van der Waals surface area contributed by atoms with E-state index in [0.29, 0.717) is 13.0 Å². The summed E-state index contributed by atoms with van der Waals surface area (Å²) in [6.45, 7) is 7.05. The Labute approximate surface area is 153 Å². The molecule has 5 nitrogen and oxygen atoms in total. The Balaban J connectivity index is 1.34. The van der Waals surface area contributed by atoms with E-state index in [2.05, 4.69) is 9.88 Å². The molecule has 0 aliphatic carbocycles. The van der Waals surface area contributed by atoms with Gasteiger partial charge in [-0.25, -0.2) is 4.98 Å². The summed E-state index contributed by atoms with van der Waals surface area (Å²) in [5.41, 5.74) is 2.91. The van der Waals surface area contributed by atoms with Crippen LogP contribution in [0.15, 0.2) is 35.8 Å². The summed E-state index contributed by atoms with van der Waals surface area (Å²) in [4.78, 5) is 22.2. The molecule has 6 heteroatoms. The molecule has 1 saturated heterocycles. The van der Waals surface area contributed by atoms with Gasteiger partial charge in [0.15, 0.2) is 0 Å². The highest BCUT2D eigenvalue weighted by Gasteiger charge is 2.21. The molecule has 25 heavy (non-hydrogen) atoms. The second-order valence-corrected chi connectivity index (χ2v) is 7.18. The maximum absolute atomic E-state index is 12.4. The number of rotatable bonds is 7. The van der Waals surface area contributed by atoms with Gasteiger partial charge in [-0.15, -0.1) is 11.3 Å². The van der Waals surface area contributed by atoms with Crippen LogP contribution in [0, 0.1) is 6.92 Å². The van der Waals surface area contributed by atoms with Crippen LogP contribution >= 0.6 is 11.3 Å². The van der Waals surface area contributed by atoms with Gasteiger partial charge in [-0.3, -0.25) is 9.69 Å². The highest BCUT2D eigenvalue weighted by molar-refractivity contribution is 7.09. The predicted octanol–water partition coefficient (Wildman–Crippen LogP) is 2.61.